The van der Waals surface area contributed by atoms with E-state index in [0.29, 0.717) is 5.56 Å². The Bertz CT molecular complexity index is 739. The van der Waals surface area contributed by atoms with Crippen LogP contribution in [0.25, 0.3) is 0 Å². The van der Waals surface area contributed by atoms with Gasteiger partial charge in [-0.05, 0) is 11.6 Å². The second-order valence-electron chi connectivity index (χ2n) is 5.85. The molecule has 0 saturated heterocycles. The number of rotatable bonds is 6. The number of esters is 4. The van der Waals surface area contributed by atoms with Gasteiger partial charge in [0.05, 0.1) is 0 Å². The van der Waals surface area contributed by atoms with Crippen molar-refractivity contribution in [3.63, 3.8) is 0 Å². The molecule has 0 amide bonds. The lowest BCUT2D eigenvalue weighted by Crippen LogP contribution is -2.49. The Morgan fingerprint density at radius 3 is 2.15 bits per heavy atom. The van der Waals surface area contributed by atoms with E-state index in [4.69, 9.17) is 18.9 Å². The first-order valence-corrected chi connectivity index (χ1v) is 8.23. The first-order valence-electron chi connectivity index (χ1n) is 8.23. The minimum Gasteiger partial charge on any atom is -0.454 e. The molecule has 0 radical (unpaired) electrons. The van der Waals surface area contributed by atoms with Crippen molar-refractivity contribution in [3.8, 4) is 0 Å². The molecule has 1 aromatic carbocycles. The maximum atomic E-state index is 11.8. The quantitative estimate of drug-likeness (QED) is 0.545. The largest absolute Gasteiger partial charge is 0.454 e. The van der Waals surface area contributed by atoms with Crippen LogP contribution in [0.5, 0.6) is 0 Å². The Morgan fingerprint density at radius 2 is 1.59 bits per heavy atom. The molecule has 2 rings (SSSR count). The summed E-state index contributed by atoms with van der Waals surface area (Å²) >= 11 is 0. The Labute approximate surface area is 156 Å². The number of carbonyl (C=O) groups excluding carboxylic acids is 4. The highest BCUT2D eigenvalue weighted by Crippen LogP contribution is 2.31. The van der Waals surface area contributed by atoms with Gasteiger partial charge in [0, 0.05) is 26.8 Å². The van der Waals surface area contributed by atoms with Gasteiger partial charge in [0.1, 0.15) is 0 Å². The molecule has 27 heavy (non-hydrogen) atoms. The molecule has 144 valence electrons. The van der Waals surface area contributed by atoms with E-state index in [1.807, 2.05) is 0 Å². The van der Waals surface area contributed by atoms with Crippen molar-refractivity contribution in [2.75, 3.05) is 0 Å². The lowest BCUT2D eigenvalue weighted by molar-refractivity contribution is -0.196. The van der Waals surface area contributed by atoms with Gasteiger partial charge in [-0.25, -0.2) is 4.79 Å². The summed E-state index contributed by atoms with van der Waals surface area (Å²) in [5.74, 6) is -2.61. The molecule has 0 bridgehead atoms. The number of carbonyl (C=O) groups is 4. The number of hydrogen-bond acceptors (Lipinski definition) is 8. The van der Waals surface area contributed by atoms with Crippen molar-refractivity contribution in [2.45, 2.75) is 45.2 Å². The zero-order valence-electron chi connectivity index (χ0n) is 15.1. The van der Waals surface area contributed by atoms with Crippen LogP contribution < -0.4 is 0 Å². The fourth-order valence-electron chi connectivity index (χ4n) is 2.71. The van der Waals surface area contributed by atoms with Gasteiger partial charge >= 0.3 is 23.9 Å². The molecule has 0 unspecified atom stereocenters. The topological polar surface area (TPSA) is 105 Å². The molecule has 8 heteroatoms. The number of hydrogen-bond donors (Lipinski definition) is 0. The fraction of sp³-hybridized carbons (Fsp3) is 0.368. The molecule has 0 saturated carbocycles. The van der Waals surface area contributed by atoms with Gasteiger partial charge in [-0.3, -0.25) is 14.4 Å². The summed E-state index contributed by atoms with van der Waals surface area (Å²) in [4.78, 5) is 46.5. The van der Waals surface area contributed by atoms with Gasteiger partial charge in [0.2, 0.25) is 0 Å². The number of ether oxygens (including phenoxy) is 4. The van der Waals surface area contributed by atoms with E-state index in [-0.39, 0.29) is 0 Å². The normalized spacial score (nSPS) is 20.8. The predicted molar refractivity (Wildman–Crippen MR) is 91.1 cm³/mol. The molecular weight excluding hydrogens is 356 g/mol. The minimum atomic E-state index is -1.23. The van der Waals surface area contributed by atoms with Gasteiger partial charge in [0.25, 0.3) is 0 Å². The van der Waals surface area contributed by atoms with E-state index in [2.05, 4.69) is 0 Å². The van der Waals surface area contributed by atoms with Crippen LogP contribution in [0.3, 0.4) is 0 Å². The summed E-state index contributed by atoms with van der Waals surface area (Å²) in [7, 11) is 0. The smallest absolute Gasteiger partial charge is 0.331 e. The summed E-state index contributed by atoms with van der Waals surface area (Å²) < 4.78 is 21.2. The summed E-state index contributed by atoms with van der Waals surface area (Å²) in [6.07, 6.45) is -2.06. The summed E-state index contributed by atoms with van der Waals surface area (Å²) in [5.41, 5.74) is 0.520. The highest BCUT2D eigenvalue weighted by molar-refractivity contribution is 5.83. The van der Waals surface area contributed by atoms with Crippen LogP contribution >= 0.6 is 0 Å². The van der Waals surface area contributed by atoms with Crippen molar-refractivity contribution in [1.29, 1.82) is 0 Å². The van der Waals surface area contributed by atoms with E-state index < -0.39 is 48.3 Å². The maximum absolute atomic E-state index is 11.8. The van der Waals surface area contributed by atoms with E-state index >= 15 is 0 Å². The molecule has 0 N–H and O–H groups in total. The minimum absolute atomic E-state index is 0.520. The Morgan fingerprint density at radius 1 is 0.963 bits per heavy atom. The molecule has 0 aliphatic carbocycles. The van der Waals surface area contributed by atoms with Crippen molar-refractivity contribution in [3.05, 3.63) is 48.0 Å². The SMILES string of the molecule is CC(=O)O[C@H]([C@H]1OC(=O)C=C[C@H]1OC(C)=O)[C@H](OC(C)=O)c1ccccc1. The standard InChI is InChI=1S/C19H20O8/c1-11(20)24-15-9-10-16(23)27-18(15)19(26-13(3)22)17(25-12(2)21)14-7-5-4-6-8-14/h4-10,15,17-19H,1-3H3/t15-,17-,18+,19+/m1/s1. The average molecular weight is 376 g/mol. The average Bonchev–Trinajstić information content (AvgIpc) is 2.59. The lowest BCUT2D eigenvalue weighted by atomic mass is 9.95. The lowest BCUT2D eigenvalue weighted by Gasteiger charge is -2.36. The third kappa shape index (κ3) is 5.67. The number of cyclic esters (lactones) is 1. The monoisotopic (exact) mass is 376 g/mol. The summed E-state index contributed by atoms with van der Waals surface area (Å²) in [6.45, 7) is 3.57. The van der Waals surface area contributed by atoms with Crippen LogP contribution in [0.1, 0.15) is 32.4 Å². The molecule has 0 spiro atoms. The van der Waals surface area contributed by atoms with Crippen LogP contribution in [-0.4, -0.2) is 42.2 Å². The van der Waals surface area contributed by atoms with Gasteiger partial charge < -0.3 is 18.9 Å². The van der Waals surface area contributed by atoms with Gasteiger partial charge in [0.15, 0.2) is 24.4 Å². The third-order valence-corrected chi connectivity index (χ3v) is 3.65. The van der Waals surface area contributed by atoms with Gasteiger partial charge in [-0.1, -0.05) is 30.3 Å². The fourth-order valence-corrected chi connectivity index (χ4v) is 2.71. The molecule has 0 fully saturated rings. The predicted octanol–water partition coefficient (Wildman–Crippen LogP) is 1.64. The van der Waals surface area contributed by atoms with Crippen LogP contribution in [0.4, 0.5) is 0 Å². The van der Waals surface area contributed by atoms with E-state index in [1.165, 1.54) is 26.8 Å². The van der Waals surface area contributed by atoms with Crippen molar-refractivity contribution >= 4 is 23.9 Å². The molecule has 1 aliphatic heterocycles. The first-order chi connectivity index (χ1) is 12.8. The Kier molecular flexibility index (Phi) is 6.70. The second-order valence-corrected chi connectivity index (χ2v) is 5.85. The van der Waals surface area contributed by atoms with Crippen LogP contribution in [0.15, 0.2) is 42.5 Å². The van der Waals surface area contributed by atoms with Crippen molar-refractivity contribution in [2.24, 2.45) is 0 Å². The summed E-state index contributed by atoms with van der Waals surface area (Å²) in [5, 5.41) is 0. The first kappa shape index (κ1) is 20.2. The van der Waals surface area contributed by atoms with E-state index in [1.54, 1.807) is 30.3 Å². The van der Waals surface area contributed by atoms with E-state index in [9.17, 15) is 19.2 Å². The molecule has 8 nitrogen and oxygen atoms in total. The highest BCUT2D eigenvalue weighted by Gasteiger charge is 2.44. The van der Waals surface area contributed by atoms with Gasteiger partial charge in [-0.2, -0.15) is 0 Å². The Balaban J connectivity index is 2.47. The van der Waals surface area contributed by atoms with Crippen LogP contribution in [-0.2, 0) is 38.1 Å². The molecule has 1 aromatic rings. The zero-order chi connectivity index (χ0) is 20.0. The van der Waals surface area contributed by atoms with Crippen molar-refractivity contribution in [1.82, 2.24) is 0 Å². The number of benzene rings is 1. The second kappa shape index (κ2) is 8.98. The Hall–Kier alpha value is -3.16. The molecule has 0 aromatic heterocycles. The summed E-state index contributed by atoms with van der Waals surface area (Å²) in [6, 6.07) is 8.54. The highest BCUT2D eigenvalue weighted by atomic mass is 16.6. The van der Waals surface area contributed by atoms with Crippen LogP contribution in [0, 0.1) is 0 Å². The molecule has 4 atom stereocenters. The molecule has 1 aliphatic rings. The third-order valence-electron chi connectivity index (χ3n) is 3.65. The molecule has 1 heterocycles. The van der Waals surface area contributed by atoms with Crippen LogP contribution in [0.2, 0.25) is 0 Å². The van der Waals surface area contributed by atoms with E-state index in [0.717, 1.165) is 6.08 Å². The zero-order valence-corrected chi connectivity index (χ0v) is 15.1. The van der Waals surface area contributed by atoms with Crippen molar-refractivity contribution < 1.29 is 38.1 Å². The van der Waals surface area contributed by atoms with Gasteiger partial charge in [-0.15, -0.1) is 0 Å². The molecular formula is C19H20O8. The maximum Gasteiger partial charge on any atom is 0.331 e.